The summed E-state index contributed by atoms with van der Waals surface area (Å²) in [5.41, 5.74) is 0. The van der Waals surface area contributed by atoms with Crippen molar-refractivity contribution in [3.8, 4) is 0 Å². The van der Waals surface area contributed by atoms with E-state index in [1.54, 1.807) is 0 Å². The zero-order chi connectivity index (χ0) is 52.9. The molecule has 0 N–H and O–H groups in total. The lowest BCUT2D eigenvalue weighted by atomic mass is 10.0. The van der Waals surface area contributed by atoms with Gasteiger partial charge in [-0.3, -0.25) is 14.4 Å². The first-order valence-corrected chi connectivity index (χ1v) is 32.1. The largest absolute Gasteiger partial charge is 0.462 e. The number of ether oxygens (including phenoxy) is 3. The van der Waals surface area contributed by atoms with E-state index in [4.69, 9.17) is 14.2 Å². The van der Waals surface area contributed by atoms with Crippen LogP contribution in [0.5, 0.6) is 0 Å². The Labute approximate surface area is 454 Å². The first-order chi connectivity index (χ1) is 36.0. The molecule has 0 aliphatic heterocycles. The molecule has 0 radical (unpaired) electrons. The summed E-state index contributed by atoms with van der Waals surface area (Å²) in [6.45, 7) is 6.61. The van der Waals surface area contributed by atoms with Crippen molar-refractivity contribution in [2.45, 2.75) is 348 Å². The molecule has 0 heterocycles. The smallest absolute Gasteiger partial charge is 0.306 e. The predicted octanol–water partition coefficient (Wildman–Crippen LogP) is 21.8. The van der Waals surface area contributed by atoms with Crippen molar-refractivity contribution in [1.82, 2.24) is 0 Å². The van der Waals surface area contributed by atoms with Gasteiger partial charge in [-0.15, -0.1) is 0 Å². The molecular weight excluding hydrogens is 901 g/mol. The second-order valence-corrected chi connectivity index (χ2v) is 21.7. The number of hydrogen-bond donors (Lipinski definition) is 0. The normalized spacial score (nSPS) is 12.3. The number of unbranched alkanes of at least 4 members (excludes halogenated alkanes) is 40. The van der Waals surface area contributed by atoms with Gasteiger partial charge in [0.05, 0.1) is 0 Å². The van der Waals surface area contributed by atoms with Gasteiger partial charge in [0.15, 0.2) is 6.10 Å². The molecule has 1 unspecified atom stereocenters. The number of rotatable bonds is 59. The van der Waals surface area contributed by atoms with E-state index in [0.29, 0.717) is 19.3 Å². The highest BCUT2D eigenvalue weighted by Gasteiger charge is 2.19. The summed E-state index contributed by atoms with van der Waals surface area (Å²) in [6.07, 6.45) is 77.0. The van der Waals surface area contributed by atoms with Gasteiger partial charge in [0.25, 0.3) is 0 Å². The van der Waals surface area contributed by atoms with Crippen molar-refractivity contribution < 1.29 is 28.6 Å². The van der Waals surface area contributed by atoms with Crippen LogP contribution in [-0.4, -0.2) is 37.2 Å². The van der Waals surface area contributed by atoms with Crippen LogP contribution < -0.4 is 0 Å². The lowest BCUT2D eigenvalue weighted by molar-refractivity contribution is -0.167. The third-order valence-electron chi connectivity index (χ3n) is 14.3. The van der Waals surface area contributed by atoms with E-state index >= 15 is 0 Å². The monoisotopic (exact) mass is 1020 g/mol. The minimum atomic E-state index is -0.774. The van der Waals surface area contributed by atoms with Gasteiger partial charge in [0, 0.05) is 19.3 Å². The van der Waals surface area contributed by atoms with Crippen molar-refractivity contribution in [3.05, 3.63) is 48.6 Å². The van der Waals surface area contributed by atoms with Gasteiger partial charge in [-0.2, -0.15) is 0 Å². The van der Waals surface area contributed by atoms with Crippen LogP contribution in [0.3, 0.4) is 0 Å². The Kier molecular flexibility index (Phi) is 59.7. The molecule has 0 aliphatic carbocycles. The first kappa shape index (κ1) is 70.4. The third kappa shape index (κ3) is 60.1. The summed E-state index contributed by atoms with van der Waals surface area (Å²) in [5.74, 6) is -0.866. The maximum absolute atomic E-state index is 12.9. The molecule has 6 nitrogen and oxygen atoms in total. The predicted molar refractivity (Wildman–Crippen MR) is 316 cm³/mol. The standard InChI is InChI=1S/C67H122O6/c1-4-7-10-13-16-19-22-24-26-28-30-31-32-33-34-35-36-37-38-40-41-43-45-48-51-54-57-60-66(69)72-63-64(62-71-65(68)59-56-53-50-47-21-18-15-12-9-6-3)73-67(70)61-58-55-52-49-46-44-42-39-29-27-25-23-20-17-14-11-8-5-2/h12,15,22,24,28,30,32-33,64H,4-11,13-14,16-21,23,25-27,29,31,34-63H2,1-3H3/b15-12-,24-22-,30-28-,33-32-. The molecule has 426 valence electrons. The third-order valence-corrected chi connectivity index (χ3v) is 14.3. The van der Waals surface area contributed by atoms with E-state index < -0.39 is 6.10 Å². The van der Waals surface area contributed by atoms with Crippen molar-refractivity contribution >= 4 is 17.9 Å². The maximum Gasteiger partial charge on any atom is 0.306 e. The van der Waals surface area contributed by atoms with Crippen LogP contribution in [0.25, 0.3) is 0 Å². The van der Waals surface area contributed by atoms with Crippen molar-refractivity contribution in [1.29, 1.82) is 0 Å². The second-order valence-electron chi connectivity index (χ2n) is 21.7. The molecule has 0 aromatic rings. The lowest BCUT2D eigenvalue weighted by Gasteiger charge is -2.18. The van der Waals surface area contributed by atoms with Crippen LogP contribution in [0.4, 0.5) is 0 Å². The molecule has 73 heavy (non-hydrogen) atoms. The van der Waals surface area contributed by atoms with Crippen LogP contribution in [0, 0.1) is 0 Å². The average Bonchev–Trinajstić information content (AvgIpc) is 3.39. The fourth-order valence-electron chi connectivity index (χ4n) is 9.46. The summed E-state index contributed by atoms with van der Waals surface area (Å²) in [4.78, 5) is 38.2. The lowest BCUT2D eigenvalue weighted by Crippen LogP contribution is -2.30. The molecule has 0 bridgehead atoms. The molecule has 1 atom stereocenters. The molecule has 0 saturated carbocycles. The Morgan fingerprint density at radius 2 is 0.521 bits per heavy atom. The van der Waals surface area contributed by atoms with Crippen LogP contribution in [0.15, 0.2) is 48.6 Å². The van der Waals surface area contributed by atoms with E-state index in [1.807, 2.05) is 0 Å². The SMILES string of the molecule is CCC/C=C\CCCCCCCC(=O)OCC(COC(=O)CCCCCCCCCCCCCC/C=C\C/C=C\C/C=C\CCCCCCC)OC(=O)CCCCCCCCCCCCCCCCCCCC. The first-order valence-electron chi connectivity index (χ1n) is 32.1. The molecule has 0 saturated heterocycles. The molecule has 0 aliphatic rings. The van der Waals surface area contributed by atoms with E-state index in [-0.39, 0.29) is 31.1 Å². The molecule has 0 aromatic carbocycles. The van der Waals surface area contributed by atoms with Gasteiger partial charge in [-0.25, -0.2) is 0 Å². The number of carbonyl (C=O) groups excluding carboxylic acids is 3. The summed E-state index contributed by atoms with van der Waals surface area (Å²) < 4.78 is 16.9. The Morgan fingerprint density at radius 1 is 0.274 bits per heavy atom. The van der Waals surface area contributed by atoms with E-state index in [1.165, 1.54) is 218 Å². The second kappa shape index (κ2) is 61.9. The summed E-state index contributed by atoms with van der Waals surface area (Å²) >= 11 is 0. The summed E-state index contributed by atoms with van der Waals surface area (Å²) in [5, 5.41) is 0. The quantitative estimate of drug-likeness (QED) is 0.0261. The van der Waals surface area contributed by atoms with Gasteiger partial charge in [-0.05, 0) is 77.0 Å². The van der Waals surface area contributed by atoms with Crippen LogP contribution in [-0.2, 0) is 28.6 Å². The number of allylic oxidation sites excluding steroid dienone is 8. The fraction of sp³-hybridized carbons (Fsp3) is 0.836. The van der Waals surface area contributed by atoms with E-state index in [2.05, 4.69) is 69.4 Å². The van der Waals surface area contributed by atoms with Crippen molar-refractivity contribution in [2.24, 2.45) is 0 Å². The summed E-state index contributed by atoms with van der Waals surface area (Å²) in [6, 6.07) is 0. The number of carbonyl (C=O) groups is 3. The number of hydrogen-bond acceptors (Lipinski definition) is 6. The molecule has 0 rings (SSSR count). The Balaban J connectivity index is 4.18. The minimum absolute atomic E-state index is 0.0730. The molecule has 0 aromatic heterocycles. The van der Waals surface area contributed by atoms with Crippen molar-refractivity contribution in [2.75, 3.05) is 13.2 Å². The summed E-state index contributed by atoms with van der Waals surface area (Å²) in [7, 11) is 0. The molecule has 0 spiro atoms. The van der Waals surface area contributed by atoms with Crippen LogP contribution in [0.1, 0.15) is 342 Å². The zero-order valence-electron chi connectivity index (χ0n) is 48.9. The van der Waals surface area contributed by atoms with Crippen molar-refractivity contribution in [3.63, 3.8) is 0 Å². The topological polar surface area (TPSA) is 78.9 Å². The fourth-order valence-corrected chi connectivity index (χ4v) is 9.46. The average molecular weight is 1020 g/mol. The van der Waals surface area contributed by atoms with E-state index in [9.17, 15) is 14.4 Å². The minimum Gasteiger partial charge on any atom is -0.462 e. The van der Waals surface area contributed by atoms with Crippen LogP contribution in [0.2, 0.25) is 0 Å². The Morgan fingerprint density at radius 3 is 0.836 bits per heavy atom. The highest BCUT2D eigenvalue weighted by molar-refractivity contribution is 5.71. The van der Waals surface area contributed by atoms with Gasteiger partial charge in [-0.1, -0.05) is 294 Å². The highest BCUT2D eigenvalue weighted by Crippen LogP contribution is 2.17. The highest BCUT2D eigenvalue weighted by atomic mass is 16.6. The van der Waals surface area contributed by atoms with Crippen LogP contribution >= 0.6 is 0 Å². The number of esters is 3. The van der Waals surface area contributed by atoms with Gasteiger partial charge in [0.1, 0.15) is 13.2 Å². The maximum atomic E-state index is 12.9. The molecule has 0 amide bonds. The Bertz CT molecular complexity index is 1270. The molecule has 6 heteroatoms. The molecule has 0 fully saturated rings. The Hall–Kier alpha value is -2.63. The van der Waals surface area contributed by atoms with Gasteiger partial charge in [0.2, 0.25) is 0 Å². The zero-order valence-corrected chi connectivity index (χ0v) is 48.9. The van der Waals surface area contributed by atoms with Gasteiger partial charge >= 0.3 is 17.9 Å². The van der Waals surface area contributed by atoms with E-state index in [0.717, 1.165) is 83.5 Å². The molecular formula is C67H122O6. The van der Waals surface area contributed by atoms with Gasteiger partial charge < -0.3 is 14.2 Å².